The summed E-state index contributed by atoms with van der Waals surface area (Å²) in [5.41, 5.74) is 1.78. The third kappa shape index (κ3) is 1.29. The number of imidazole rings is 1. The molecule has 1 N–H and O–H groups in total. The maximum Gasteiger partial charge on any atom is 0.0931 e. The van der Waals surface area contributed by atoms with E-state index in [9.17, 15) is 5.26 Å². The van der Waals surface area contributed by atoms with Crippen LogP contribution in [-0.2, 0) is 4.33 Å². The molecule has 4 nitrogen and oxygen atoms in total. The van der Waals surface area contributed by atoms with Crippen molar-refractivity contribution >= 4 is 23.1 Å². The lowest BCUT2D eigenvalue weighted by molar-refractivity contribution is -0.630. The molecule has 12 heavy (non-hydrogen) atoms. The highest BCUT2D eigenvalue weighted by molar-refractivity contribution is 7.94. The number of nitrogens with one attached hydrogen (secondary N) is 1. The molecule has 2 aromatic rings. The average Bonchev–Trinajstić information content (AvgIpc) is 2.51. The van der Waals surface area contributed by atoms with Gasteiger partial charge in [0.2, 0.25) is 0 Å². The normalized spacial score (nSPS) is 10.8. The van der Waals surface area contributed by atoms with E-state index in [-0.39, 0.29) is 0 Å². The monoisotopic (exact) mass is 181 g/mol. The van der Waals surface area contributed by atoms with E-state index < -0.39 is 0 Å². The molecule has 0 atom stereocenters. The minimum atomic E-state index is 0.766. The summed E-state index contributed by atoms with van der Waals surface area (Å²) >= 11 is 0.790. The number of benzene rings is 1. The van der Waals surface area contributed by atoms with Crippen LogP contribution in [0.3, 0.4) is 0 Å². The Morgan fingerprint density at radius 3 is 3.25 bits per heavy atom. The molecule has 1 heterocycles. The highest BCUT2D eigenvalue weighted by Gasteiger charge is 1.96. The highest BCUT2D eigenvalue weighted by atomic mass is 32.2. The predicted octanol–water partition coefficient (Wildman–Crippen LogP) is 0.862. The number of nitrogens with zero attached hydrogens (tertiary/aromatic N) is 1. The Bertz CT molecular complexity index is 388. The number of H-pyrrole nitrogens is 1. The van der Waals surface area contributed by atoms with Crippen LogP contribution in [-0.4, -0.2) is 9.97 Å². The molecule has 0 saturated carbocycles. The van der Waals surface area contributed by atoms with Gasteiger partial charge in [-0.05, 0) is 18.2 Å². The molecular formula is C7H5N2O2S-. The fourth-order valence-electron chi connectivity index (χ4n) is 1.01. The van der Waals surface area contributed by atoms with Crippen LogP contribution < -0.4 is 5.26 Å². The van der Waals surface area contributed by atoms with Gasteiger partial charge in [0.1, 0.15) is 0 Å². The van der Waals surface area contributed by atoms with Crippen molar-refractivity contribution in [3.8, 4) is 0 Å². The minimum Gasteiger partial charge on any atom is -0.710 e. The summed E-state index contributed by atoms with van der Waals surface area (Å²) < 4.78 is 3.69. The molecule has 0 saturated heterocycles. The third-order valence-electron chi connectivity index (χ3n) is 1.52. The van der Waals surface area contributed by atoms with Gasteiger partial charge in [0, 0.05) is 16.9 Å². The van der Waals surface area contributed by atoms with Crippen LogP contribution in [0.4, 0.5) is 0 Å². The second kappa shape index (κ2) is 3.14. The Morgan fingerprint density at radius 2 is 2.42 bits per heavy atom. The second-order valence-corrected chi connectivity index (χ2v) is 3.01. The first-order chi connectivity index (χ1) is 5.90. The lowest BCUT2D eigenvalue weighted by Gasteiger charge is -2.03. The lowest BCUT2D eigenvalue weighted by atomic mass is 10.3. The first-order valence-corrected chi connectivity index (χ1v) is 4.04. The van der Waals surface area contributed by atoms with E-state index in [1.54, 1.807) is 12.4 Å². The fourth-order valence-corrected chi connectivity index (χ4v) is 1.37. The second-order valence-electron chi connectivity index (χ2n) is 2.23. The first kappa shape index (κ1) is 7.60. The van der Waals surface area contributed by atoms with Crippen molar-refractivity contribution < 1.29 is 9.59 Å². The molecular weight excluding hydrogens is 176 g/mol. The summed E-state index contributed by atoms with van der Waals surface area (Å²) in [4.78, 5) is 7.74. The topological polar surface area (TPSA) is 61.0 Å². The van der Waals surface area contributed by atoms with E-state index in [2.05, 4.69) is 14.3 Å². The molecule has 0 aliphatic rings. The number of hydrogen-bond acceptors (Lipinski definition) is 4. The molecule has 5 heteroatoms. The number of rotatable bonds is 2. The van der Waals surface area contributed by atoms with E-state index in [0.29, 0.717) is 0 Å². The van der Waals surface area contributed by atoms with E-state index in [1.165, 1.54) is 0 Å². The summed E-state index contributed by atoms with van der Waals surface area (Å²) in [6.45, 7) is 0. The quantitative estimate of drug-likeness (QED) is 0.424. The highest BCUT2D eigenvalue weighted by Crippen LogP contribution is 2.20. The maximum atomic E-state index is 9.81. The van der Waals surface area contributed by atoms with Crippen LogP contribution >= 0.6 is 12.0 Å². The van der Waals surface area contributed by atoms with Gasteiger partial charge in [-0.3, -0.25) is 0 Å². The van der Waals surface area contributed by atoms with Crippen LogP contribution in [0.5, 0.6) is 0 Å². The van der Waals surface area contributed by atoms with Gasteiger partial charge < -0.3 is 14.6 Å². The van der Waals surface area contributed by atoms with Gasteiger partial charge in [-0.1, -0.05) is 0 Å². The Balaban J connectivity index is 2.46. The lowest BCUT2D eigenvalue weighted by Crippen LogP contribution is -1.94. The summed E-state index contributed by atoms with van der Waals surface area (Å²) in [6.07, 6.45) is 1.61. The maximum absolute atomic E-state index is 9.81. The molecule has 0 bridgehead atoms. The minimum absolute atomic E-state index is 0.766. The summed E-state index contributed by atoms with van der Waals surface area (Å²) in [5.74, 6) is 0. The van der Waals surface area contributed by atoms with E-state index in [0.717, 1.165) is 28.0 Å². The van der Waals surface area contributed by atoms with Gasteiger partial charge in [-0.25, -0.2) is 4.98 Å². The van der Waals surface area contributed by atoms with Gasteiger partial charge >= 0.3 is 0 Å². The number of fused-ring (bicyclic) bond motifs is 1. The molecule has 0 radical (unpaired) electrons. The van der Waals surface area contributed by atoms with Crippen LogP contribution in [0.1, 0.15) is 0 Å². The van der Waals surface area contributed by atoms with Crippen LogP contribution in [0.2, 0.25) is 0 Å². The van der Waals surface area contributed by atoms with Crippen LogP contribution in [0.25, 0.3) is 11.0 Å². The molecule has 0 spiro atoms. The average molecular weight is 181 g/mol. The molecule has 0 amide bonds. The molecule has 0 aliphatic carbocycles. The molecule has 62 valence electrons. The molecule has 0 fully saturated rings. The Morgan fingerprint density at radius 1 is 1.50 bits per heavy atom. The van der Waals surface area contributed by atoms with E-state index in [4.69, 9.17) is 0 Å². The SMILES string of the molecule is [O-]OSc1ccc2nc[nH]c2c1. The van der Waals surface area contributed by atoms with Crippen LogP contribution in [0.15, 0.2) is 29.4 Å². The smallest absolute Gasteiger partial charge is 0.0931 e. The van der Waals surface area contributed by atoms with Crippen molar-refractivity contribution in [2.24, 2.45) is 0 Å². The predicted molar refractivity (Wildman–Crippen MR) is 43.0 cm³/mol. The van der Waals surface area contributed by atoms with Crippen LogP contribution in [0, 0.1) is 0 Å². The summed E-state index contributed by atoms with van der Waals surface area (Å²) in [7, 11) is 0. The largest absolute Gasteiger partial charge is 0.710 e. The van der Waals surface area contributed by atoms with E-state index in [1.807, 2.05) is 12.1 Å². The Kier molecular flexibility index (Phi) is 1.99. The third-order valence-corrected chi connectivity index (χ3v) is 2.04. The molecule has 1 aromatic carbocycles. The zero-order chi connectivity index (χ0) is 8.39. The number of hydrogen-bond donors (Lipinski definition) is 1. The standard InChI is InChI=1S/C7H6N2O2S/c10-11-12-5-1-2-6-7(3-5)9-4-8-6/h1-4,10H,(H,8,9)/p-1. The molecule has 0 aliphatic heterocycles. The van der Waals surface area contributed by atoms with Crippen molar-refractivity contribution in [1.82, 2.24) is 9.97 Å². The zero-order valence-electron chi connectivity index (χ0n) is 5.98. The van der Waals surface area contributed by atoms with Crippen molar-refractivity contribution in [2.75, 3.05) is 0 Å². The van der Waals surface area contributed by atoms with Crippen molar-refractivity contribution in [3.63, 3.8) is 0 Å². The number of aromatic nitrogens is 2. The van der Waals surface area contributed by atoms with Crippen molar-refractivity contribution in [3.05, 3.63) is 24.5 Å². The molecule has 1 aromatic heterocycles. The summed E-state index contributed by atoms with van der Waals surface area (Å²) in [6, 6.07) is 5.42. The fraction of sp³-hybridized carbons (Fsp3) is 0. The zero-order valence-corrected chi connectivity index (χ0v) is 6.80. The molecule has 0 unspecified atom stereocenters. The Hall–Kier alpha value is -1.04. The van der Waals surface area contributed by atoms with Gasteiger partial charge in [0.05, 0.1) is 17.4 Å². The summed E-state index contributed by atoms with van der Waals surface area (Å²) in [5, 5.41) is 9.81. The van der Waals surface area contributed by atoms with Crippen molar-refractivity contribution in [1.29, 1.82) is 0 Å². The Labute approximate surface area is 72.7 Å². The van der Waals surface area contributed by atoms with E-state index >= 15 is 0 Å². The van der Waals surface area contributed by atoms with Crippen molar-refractivity contribution in [2.45, 2.75) is 4.90 Å². The van der Waals surface area contributed by atoms with Gasteiger partial charge in [0.15, 0.2) is 0 Å². The van der Waals surface area contributed by atoms with Gasteiger partial charge in [-0.15, -0.1) is 0 Å². The van der Waals surface area contributed by atoms with Gasteiger partial charge in [-0.2, -0.15) is 0 Å². The molecule has 2 rings (SSSR count). The number of aromatic amines is 1. The first-order valence-electron chi connectivity index (χ1n) is 3.30. The van der Waals surface area contributed by atoms with Gasteiger partial charge in [0.25, 0.3) is 0 Å².